The molecule has 0 bridgehead atoms. The van der Waals surface area contributed by atoms with Crippen molar-refractivity contribution in [3.63, 3.8) is 0 Å². The number of methoxy groups -OCH3 is 1. The average molecular weight is 246 g/mol. The molecule has 0 aliphatic rings. The Morgan fingerprint density at radius 3 is 2.83 bits per heavy atom. The molecular weight excluding hydrogens is 228 g/mol. The predicted octanol–water partition coefficient (Wildman–Crippen LogP) is 1.67. The number of ether oxygens (including phenoxy) is 1. The summed E-state index contributed by atoms with van der Waals surface area (Å²) >= 11 is 0. The minimum Gasteiger partial charge on any atom is -0.496 e. The maximum Gasteiger partial charge on any atom is 0.140 e. The summed E-state index contributed by atoms with van der Waals surface area (Å²) in [5.41, 5.74) is 1.14. The van der Waals surface area contributed by atoms with Crippen LogP contribution in [0.15, 0.2) is 30.6 Å². The molecule has 5 nitrogen and oxygen atoms in total. The fourth-order valence-corrected chi connectivity index (χ4v) is 1.86. The number of nitrogens with one attached hydrogen (secondary N) is 1. The Labute approximate surface area is 107 Å². The van der Waals surface area contributed by atoms with Crippen LogP contribution in [0.5, 0.6) is 5.75 Å². The van der Waals surface area contributed by atoms with E-state index in [-0.39, 0.29) is 6.04 Å². The molecule has 0 radical (unpaired) electrons. The first-order chi connectivity index (χ1) is 8.72. The third-order valence-corrected chi connectivity index (χ3v) is 2.98. The summed E-state index contributed by atoms with van der Waals surface area (Å²) in [5.74, 6) is 1.81. The Morgan fingerprint density at radius 2 is 2.17 bits per heavy atom. The van der Waals surface area contributed by atoms with Gasteiger partial charge in [0.25, 0.3) is 0 Å². The number of hydrogen-bond donors (Lipinski definition) is 1. The van der Waals surface area contributed by atoms with Crippen LogP contribution in [-0.4, -0.2) is 21.9 Å². The Morgan fingerprint density at radius 1 is 1.39 bits per heavy atom. The predicted molar refractivity (Wildman–Crippen MR) is 69.3 cm³/mol. The van der Waals surface area contributed by atoms with Gasteiger partial charge in [-0.25, -0.2) is 4.98 Å². The van der Waals surface area contributed by atoms with Gasteiger partial charge in [-0.1, -0.05) is 18.2 Å². The van der Waals surface area contributed by atoms with Gasteiger partial charge in [-0.2, -0.15) is 5.10 Å². The molecular formula is C13H18N4O. The van der Waals surface area contributed by atoms with Gasteiger partial charge in [-0.05, 0) is 13.0 Å². The van der Waals surface area contributed by atoms with Gasteiger partial charge in [-0.15, -0.1) is 0 Å². The van der Waals surface area contributed by atoms with E-state index in [1.165, 1.54) is 0 Å². The molecule has 96 valence electrons. The van der Waals surface area contributed by atoms with Crippen LogP contribution in [0.2, 0.25) is 0 Å². The molecule has 5 heteroatoms. The lowest BCUT2D eigenvalue weighted by Crippen LogP contribution is -2.20. The highest BCUT2D eigenvalue weighted by Gasteiger charge is 2.11. The van der Waals surface area contributed by atoms with Gasteiger partial charge in [0.15, 0.2) is 0 Å². The molecule has 0 aliphatic carbocycles. The van der Waals surface area contributed by atoms with Gasteiger partial charge in [0, 0.05) is 18.7 Å². The topological polar surface area (TPSA) is 52.0 Å². The first-order valence-corrected chi connectivity index (χ1v) is 5.91. The van der Waals surface area contributed by atoms with Crippen molar-refractivity contribution in [2.45, 2.75) is 19.5 Å². The van der Waals surface area contributed by atoms with E-state index in [4.69, 9.17) is 4.74 Å². The number of rotatable bonds is 5. The molecule has 0 amide bonds. The van der Waals surface area contributed by atoms with Crippen LogP contribution in [-0.2, 0) is 13.6 Å². The summed E-state index contributed by atoms with van der Waals surface area (Å²) < 4.78 is 7.12. The minimum absolute atomic E-state index is 0.192. The van der Waals surface area contributed by atoms with E-state index in [0.29, 0.717) is 6.54 Å². The second-order valence-electron chi connectivity index (χ2n) is 4.14. The lowest BCUT2D eigenvalue weighted by atomic mass is 10.1. The highest BCUT2D eigenvalue weighted by molar-refractivity contribution is 5.35. The molecule has 2 aromatic rings. The maximum atomic E-state index is 5.35. The number of nitrogens with zero attached hydrogens (tertiary/aromatic N) is 3. The first-order valence-electron chi connectivity index (χ1n) is 5.91. The van der Waals surface area contributed by atoms with E-state index < -0.39 is 0 Å². The fourth-order valence-electron chi connectivity index (χ4n) is 1.86. The van der Waals surface area contributed by atoms with Crippen molar-refractivity contribution in [3.05, 3.63) is 42.0 Å². The molecule has 1 aromatic heterocycles. The normalized spacial score (nSPS) is 12.4. The average Bonchev–Trinajstić information content (AvgIpc) is 2.81. The molecule has 0 aliphatic heterocycles. The molecule has 0 spiro atoms. The van der Waals surface area contributed by atoms with E-state index in [0.717, 1.165) is 17.1 Å². The van der Waals surface area contributed by atoms with E-state index in [9.17, 15) is 0 Å². The van der Waals surface area contributed by atoms with Crippen LogP contribution in [0, 0.1) is 0 Å². The number of hydrogen-bond acceptors (Lipinski definition) is 4. The number of para-hydroxylation sites is 1. The van der Waals surface area contributed by atoms with Crippen LogP contribution in [0.3, 0.4) is 0 Å². The molecule has 0 saturated heterocycles. The Balaban J connectivity index is 2.03. The molecule has 1 aromatic carbocycles. The zero-order valence-corrected chi connectivity index (χ0v) is 10.9. The molecule has 18 heavy (non-hydrogen) atoms. The molecule has 0 saturated carbocycles. The summed E-state index contributed by atoms with van der Waals surface area (Å²) in [6.45, 7) is 2.78. The molecule has 1 heterocycles. The van der Waals surface area contributed by atoms with Crippen LogP contribution in [0.25, 0.3) is 0 Å². The number of aryl methyl sites for hydroxylation is 1. The van der Waals surface area contributed by atoms with Gasteiger partial charge >= 0.3 is 0 Å². The fraction of sp³-hybridized carbons (Fsp3) is 0.385. The Kier molecular flexibility index (Phi) is 3.94. The number of aromatic nitrogens is 3. The molecule has 1 atom stereocenters. The third kappa shape index (κ3) is 2.68. The second kappa shape index (κ2) is 5.64. The minimum atomic E-state index is 0.192. The Bertz CT molecular complexity index is 509. The summed E-state index contributed by atoms with van der Waals surface area (Å²) in [7, 11) is 3.58. The van der Waals surface area contributed by atoms with Crippen molar-refractivity contribution in [1.82, 2.24) is 20.1 Å². The summed E-state index contributed by atoms with van der Waals surface area (Å²) in [6, 6.07) is 8.21. The van der Waals surface area contributed by atoms with Crippen LogP contribution < -0.4 is 10.1 Å². The van der Waals surface area contributed by atoms with Crippen molar-refractivity contribution in [1.29, 1.82) is 0 Å². The van der Waals surface area contributed by atoms with Gasteiger partial charge in [0.2, 0.25) is 0 Å². The lowest BCUT2D eigenvalue weighted by Gasteiger charge is -2.16. The summed E-state index contributed by atoms with van der Waals surface area (Å²) in [4.78, 5) is 4.18. The van der Waals surface area contributed by atoms with Crippen LogP contribution >= 0.6 is 0 Å². The van der Waals surface area contributed by atoms with Crippen molar-refractivity contribution < 1.29 is 4.74 Å². The van der Waals surface area contributed by atoms with E-state index in [1.807, 2.05) is 25.2 Å². The van der Waals surface area contributed by atoms with Crippen LogP contribution in [0.4, 0.5) is 0 Å². The van der Waals surface area contributed by atoms with E-state index in [2.05, 4.69) is 28.4 Å². The maximum absolute atomic E-state index is 5.35. The van der Waals surface area contributed by atoms with Crippen molar-refractivity contribution >= 4 is 0 Å². The third-order valence-electron chi connectivity index (χ3n) is 2.98. The quantitative estimate of drug-likeness (QED) is 0.872. The summed E-state index contributed by atoms with van der Waals surface area (Å²) in [5, 5.41) is 7.46. The van der Waals surface area contributed by atoms with E-state index in [1.54, 1.807) is 18.1 Å². The van der Waals surface area contributed by atoms with Crippen LogP contribution in [0.1, 0.15) is 24.4 Å². The lowest BCUT2D eigenvalue weighted by molar-refractivity contribution is 0.400. The van der Waals surface area contributed by atoms with Gasteiger partial charge in [0.05, 0.1) is 13.7 Å². The SMILES string of the molecule is COc1ccccc1[C@@H](C)NCc1ncnn1C. The number of benzene rings is 1. The zero-order valence-electron chi connectivity index (χ0n) is 10.9. The largest absolute Gasteiger partial charge is 0.496 e. The molecule has 1 N–H and O–H groups in total. The van der Waals surface area contributed by atoms with Gasteiger partial charge in [-0.3, -0.25) is 4.68 Å². The molecule has 0 fully saturated rings. The highest BCUT2D eigenvalue weighted by atomic mass is 16.5. The smallest absolute Gasteiger partial charge is 0.140 e. The van der Waals surface area contributed by atoms with Crippen molar-refractivity contribution in [2.75, 3.05) is 7.11 Å². The van der Waals surface area contributed by atoms with Crippen molar-refractivity contribution in [2.24, 2.45) is 7.05 Å². The highest BCUT2D eigenvalue weighted by Crippen LogP contribution is 2.24. The van der Waals surface area contributed by atoms with Gasteiger partial charge < -0.3 is 10.1 Å². The standard InChI is InChI=1S/C13H18N4O/c1-10(11-6-4-5-7-12(11)18-3)14-8-13-15-9-16-17(13)2/h4-7,9-10,14H,8H2,1-3H3/t10-/m1/s1. The van der Waals surface area contributed by atoms with Gasteiger partial charge in [0.1, 0.15) is 17.9 Å². The Hall–Kier alpha value is -1.88. The monoisotopic (exact) mass is 246 g/mol. The summed E-state index contributed by atoms with van der Waals surface area (Å²) in [6.07, 6.45) is 1.56. The van der Waals surface area contributed by atoms with Crippen molar-refractivity contribution in [3.8, 4) is 5.75 Å². The van der Waals surface area contributed by atoms with E-state index >= 15 is 0 Å². The molecule has 2 rings (SSSR count). The first kappa shape index (κ1) is 12.6. The zero-order chi connectivity index (χ0) is 13.0. The second-order valence-corrected chi connectivity index (χ2v) is 4.14. The molecule has 0 unspecified atom stereocenters.